The van der Waals surface area contributed by atoms with Crippen LogP contribution in [0.3, 0.4) is 0 Å². The number of carbonyl (C=O) groups excluding carboxylic acids is 2. The third-order valence-corrected chi connectivity index (χ3v) is 4.06. The predicted octanol–water partition coefficient (Wildman–Crippen LogP) is 2.25. The van der Waals surface area contributed by atoms with Gasteiger partial charge in [-0.15, -0.1) is 0 Å². The molecule has 1 aromatic rings. The predicted molar refractivity (Wildman–Crippen MR) is 87.4 cm³/mol. The molecule has 0 radical (unpaired) electrons. The van der Waals surface area contributed by atoms with Gasteiger partial charge < -0.3 is 15.4 Å². The number of amides is 2. The Bertz CT molecular complexity index is 584. The van der Waals surface area contributed by atoms with Crippen LogP contribution in [-0.2, 0) is 4.79 Å². The molecule has 126 valence electrons. The van der Waals surface area contributed by atoms with Crippen LogP contribution in [0.15, 0.2) is 12.3 Å². The van der Waals surface area contributed by atoms with E-state index in [9.17, 15) is 9.59 Å². The van der Waals surface area contributed by atoms with E-state index in [1.807, 2.05) is 13.8 Å². The fourth-order valence-electron chi connectivity index (χ4n) is 2.66. The van der Waals surface area contributed by atoms with Crippen molar-refractivity contribution in [1.82, 2.24) is 9.88 Å². The van der Waals surface area contributed by atoms with E-state index in [1.165, 1.54) is 6.20 Å². The number of rotatable bonds is 5. The molecule has 23 heavy (non-hydrogen) atoms. The molecule has 0 atom stereocenters. The Morgan fingerprint density at radius 1 is 1.43 bits per heavy atom. The molecule has 1 aromatic heterocycles. The van der Waals surface area contributed by atoms with Crippen molar-refractivity contribution < 1.29 is 14.3 Å². The van der Waals surface area contributed by atoms with Crippen LogP contribution in [0, 0.1) is 5.92 Å². The van der Waals surface area contributed by atoms with Crippen molar-refractivity contribution in [3.8, 4) is 5.88 Å². The third-order valence-electron chi connectivity index (χ3n) is 3.79. The summed E-state index contributed by atoms with van der Waals surface area (Å²) in [6.45, 7) is 4.98. The number of carbonyl (C=O) groups is 2. The van der Waals surface area contributed by atoms with Crippen LogP contribution < -0.4 is 10.5 Å². The number of ether oxygens (including phenoxy) is 1. The zero-order valence-corrected chi connectivity index (χ0v) is 14.2. The number of primary amides is 1. The van der Waals surface area contributed by atoms with Crippen LogP contribution >= 0.6 is 11.6 Å². The monoisotopic (exact) mass is 339 g/mol. The molecule has 7 heteroatoms. The SMILES string of the molecule is CC(C)Oc1ncc(C(=O)N2CCC(CC(N)=O)CC2)cc1Cl. The quantitative estimate of drug-likeness (QED) is 0.891. The minimum atomic E-state index is -0.286. The number of pyridine rings is 1. The number of likely N-dealkylation sites (tertiary alicyclic amines) is 1. The van der Waals surface area contributed by atoms with Gasteiger partial charge >= 0.3 is 0 Å². The Morgan fingerprint density at radius 3 is 2.61 bits per heavy atom. The number of hydrogen-bond donors (Lipinski definition) is 1. The molecule has 0 aromatic carbocycles. The summed E-state index contributed by atoms with van der Waals surface area (Å²) in [6.07, 6.45) is 3.40. The summed E-state index contributed by atoms with van der Waals surface area (Å²) in [5, 5.41) is 0.327. The number of aromatic nitrogens is 1. The Kier molecular flexibility index (Phi) is 5.82. The molecule has 0 bridgehead atoms. The topological polar surface area (TPSA) is 85.5 Å². The minimum Gasteiger partial charge on any atom is -0.474 e. The molecule has 0 unspecified atom stereocenters. The largest absolute Gasteiger partial charge is 0.474 e. The van der Waals surface area contributed by atoms with E-state index in [0.29, 0.717) is 36.0 Å². The summed E-state index contributed by atoms with van der Waals surface area (Å²) in [5.41, 5.74) is 5.66. The second kappa shape index (κ2) is 7.64. The van der Waals surface area contributed by atoms with Crippen molar-refractivity contribution in [1.29, 1.82) is 0 Å². The molecule has 0 aliphatic carbocycles. The lowest BCUT2D eigenvalue weighted by Crippen LogP contribution is -2.39. The Balaban J connectivity index is 1.98. The van der Waals surface area contributed by atoms with Crippen LogP contribution in [-0.4, -0.2) is 40.9 Å². The molecule has 1 fully saturated rings. The lowest BCUT2D eigenvalue weighted by Gasteiger charge is -2.31. The van der Waals surface area contributed by atoms with Crippen molar-refractivity contribution in [2.24, 2.45) is 11.7 Å². The van der Waals surface area contributed by atoms with Gasteiger partial charge in [0.25, 0.3) is 5.91 Å². The smallest absolute Gasteiger partial charge is 0.255 e. The lowest BCUT2D eigenvalue weighted by molar-refractivity contribution is -0.119. The fraction of sp³-hybridized carbons (Fsp3) is 0.562. The van der Waals surface area contributed by atoms with Crippen molar-refractivity contribution in [2.45, 2.75) is 39.2 Å². The summed E-state index contributed by atoms with van der Waals surface area (Å²) < 4.78 is 5.46. The molecule has 2 heterocycles. The molecule has 0 spiro atoms. The van der Waals surface area contributed by atoms with E-state index in [-0.39, 0.29) is 23.8 Å². The minimum absolute atomic E-state index is 0.0363. The van der Waals surface area contributed by atoms with Gasteiger partial charge in [0.2, 0.25) is 11.8 Å². The van der Waals surface area contributed by atoms with Crippen LogP contribution in [0.4, 0.5) is 0 Å². The van der Waals surface area contributed by atoms with E-state index in [1.54, 1.807) is 11.0 Å². The van der Waals surface area contributed by atoms with Gasteiger partial charge in [-0.25, -0.2) is 4.98 Å². The van der Waals surface area contributed by atoms with Crippen LogP contribution in [0.25, 0.3) is 0 Å². The summed E-state index contributed by atoms with van der Waals surface area (Å²) in [6, 6.07) is 1.59. The molecule has 2 N–H and O–H groups in total. The molecule has 6 nitrogen and oxygen atoms in total. The van der Waals surface area contributed by atoms with Gasteiger partial charge in [0.15, 0.2) is 0 Å². The molecule has 2 amide bonds. The standard InChI is InChI=1S/C16H22ClN3O3/c1-10(2)23-15-13(17)8-12(9-19-15)16(22)20-5-3-11(4-6-20)7-14(18)21/h8-11H,3-7H2,1-2H3,(H2,18,21). The molecular formula is C16H22ClN3O3. The van der Waals surface area contributed by atoms with Gasteiger partial charge in [-0.05, 0) is 38.7 Å². The average Bonchev–Trinajstić information content (AvgIpc) is 2.48. The summed E-state index contributed by atoms with van der Waals surface area (Å²) in [4.78, 5) is 29.3. The highest BCUT2D eigenvalue weighted by Gasteiger charge is 2.25. The number of halogens is 1. The lowest BCUT2D eigenvalue weighted by atomic mass is 9.93. The Labute approximate surface area is 140 Å². The van der Waals surface area contributed by atoms with E-state index >= 15 is 0 Å². The van der Waals surface area contributed by atoms with Crippen LogP contribution in [0.1, 0.15) is 43.5 Å². The van der Waals surface area contributed by atoms with Gasteiger partial charge in [-0.1, -0.05) is 11.6 Å². The van der Waals surface area contributed by atoms with E-state index < -0.39 is 0 Å². The summed E-state index contributed by atoms with van der Waals surface area (Å²) >= 11 is 6.13. The number of nitrogens with zero attached hydrogens (tertiary/aromatic N) is 2. The average molecular weight is 340 g/mol. The first-order valence-corrected chi connectivity index (χ1v) is 8.14. The van der Waals surface area contributed by atoms with Gasteiger partial charge in [0.1, 0.15) is 5.02 Å². The van der Waals surface area contributed by atoms with Gasteiger partial charge in [0, 0.05) is 25.7 Å². The number of piperidine rings is 1. The van der Waals surface area contributed by atoms with Crippen molar-refractivity contribution in [2.75, 3.05) is 13.1 Å². The zero-order valence-electron chi connectivity index (χ0n) is 13.4. The first kappa shape index (κ1) is 17.5. The second-order valence-corrected chi connectivity index (χ2v) is 6.49. The number of nitrogens with two attached hydrogens (primary N) is 1. The number of hydrogen-bond acceptors (Lipinski definition) is 4. The summed E-state index contributed by atoms with van der Waals surface area (Å²) in [7, 11) is 0. The van der Waals surface area contributed by atoms with Crippen LogP contribution in [0.2, 0.25) is 5.02 Å². The molecule has 1 aliphatic rings. The van der Waals surface area contributed by atoms with Crippen molar-refractivity contribution in [3.05, 3.63) is 22.8 Å². The van der Waals surface area contributed by atoms with Crippen molar-refractivity contribution in [3.63, 3.8) is 0 Å². The first-order valence-electron chi connectivity index (χ1n) is 7.76. The van der Waals surface area contributed by atoms with Crippen molar-refractivity contribution >= 4 is 23.4 Å². The fourth-order valence-corrected chi connectivity index (χ4v) is 2.87. The van der Waals surface area contributed by atoms with E-state index in [4.69, 9.17) is 22.1 Å². The highest BCUT2D eigenvalue weighted by molar-refractivity contribution is 6.32. The molecule has 2 rings (SSSR count). The first-order chi connectivity index (χ1) is 10.9. The second-order valence-electron chi connectivity index (χ2n) is 6.08. The maximum atomic E-state index is 12.5. The zero-order chi connectivity index (χ0) is 17.0. The maximum Gasteiger partial charge on any atom is 0.255 e. The highest BCUT2D eigenvalue weighted by atomic mass is 35.5. The molecule has 0 saturated carbocycles. The van der Waals surface area contributed by atoms with Gasteiger partial charge in [-0.2, -0.15) is 0 Å². The molecule has 1 aliphatic heterocycles. The van der Waals surface area contributed by atoms with Gasteiger partial charge in [-0.3, -0.25) is 9.59 Å². The van der Waals surface area contributed by atoms with Gasteiger partial charge in [0.05, 0.1) is 11.7 Å². The highest BCUT2D eigenvalue weighted by Crippen LogP contribution is 2.26. The van der Waals surface area contributed by atoms with E-state index in [0.717, 1.165) is 12.8 Å². The Hall–Kier alpha value is -1.82. The Morgan fingerprint density at radius 2 is 2.09 bits per heavy atom. The third kappa shape index (κ3) is 4.82. The molecular weight excluding hydrogens is 318 g/mol. The maximum absolute atomic E-state index is 12.5. The summed E-state index contributed by atoms with van der Waals surface area (Å²) in [5.74, 6) is 0.206. The molecule has 1 saturated heterocycles. The van der Waals surface area contributed by atoms with Crippen LogP contribution in [0.5, 0.6) is 5.88 Å². The normalized spacial score (nSPS) is 15.7. The van der Waals surface area contributed by atoms with E-state index in [2.05, 4.69) is 4.98 Å².